The number of aromatic amines is 1. The molecule has 26 heavy (non-hydrogen) atoms. The van der Waals surface area contributed by atoms with Crippen LogP contribution < -0.4 is 5.32 Å². The summed E-state index contributed by atoms with van der Waals surface area (Å²) in [6.45, 7) is 7.41. The van der Waals surface area contributed by atoms with E-state index >= 15 is 0 Å². The Bertz CT molecular complexity index is 964. The van der Waals surface area contributed by atoms with Crippen molar-refractivity contribution in [1.82, 2.24) is 20.4 Å². The fourth-order valence-electron chi connectivity index (χ4n) is 2.20. The summed E-state index contributed by atoms with van der Waals surface area (Å²) in [6.07, 6.45) is 1.78. The minimum absolute atomic E-state index is 0.163. The predicted molar refractivity (Wildman–Crippen MR) is 104 cm³/mol. The molecule has 3 aromatic rings. The van der Waals surface area contributed by atoms with Crippen LogP contribution in [0.3, 0.4) is 0 Å². The highest BCUT2D eigenvalue weighted by Gasteiger charge is 2.16. The number of phenolic OH excluding ortho intramolecular Hbond substituents is 1. The van der Waals surface area contributed by atoms with Crippen molar-refractivity contribution in [1.29, 1.82) is 0 Å². The van der Waals surface area contributed by atoms with E-state index in [1.54, 1.807) is 18.2 Å². The average molecular weight is 387 g/mol. The Morgan fingerprint density at radius 3 is 3.00 bits per heavy atom. The van der Waals surface area contributed by atoms with Gasteiger partial charge in [-0.25, -0.2) is 0 Å². The van der Waals surface area contributed by atoms with Crippen molar-refractivity contribution in [2.24, 2.45) is 0 Å². The SMILES string of the molecule is C=CCSc1nnc(NC(=O)c2cc(-c3ccc(C)c(C)c3O)n[nH]2)s1. The molecule has 0 aliphatic rings. The van der Waals surface area contributed by atoms with Crippen LogP contribution in [-0.2, 0) is 0 Å². The molecule has 0 aliphatic carbocycles. The number of nitrogens with one attached hydrogen (secondary N) is 2. The van der Waals surface area contributed by atoms with Gasteiger partial charge < -0.3 is 5.11 Å². The minimum atomic E-state index is -0.372. The number of H-pyrrole nitrogens is 1. The van der Waals surface area contributed by atoms with Gasteiger partial charge in [0.2, 0.25) is 5.13 Å². The average Bonchev–Trinajstić information content (AvgIpc) is 3.27. The van der Waals surface area contributed by atoms with Crippen LogP contribution >= 0.6 is 23.1 Å². The summed E-state index contributed by atoms with van der Waals surface area (Å²) in [4.78, 5) is 12.4. The zero-order valence-electron chi connectivity index (χ0n) is 14.2. The molecule has 0 saturated carbocycles. The van der Waals surface area contributed by atoms with Crippen molar-refractivity contribution in [2.75, 3.05) is 11.1 Å². The third-order valence-electron chi connectivity index (χ3n) is 3.75. The number of aromatic nitrogens is 4. The van der Waals surface area contributed by atoms with Crippen LogP contribution in [0.2, 0.25) is 0 Å². The molecule has 0 radical (unpaired) electrons. The van der Waals surface area contributed by atoms with Gasteiger partial charge in [0, 0.05) is 11.3 Å². The third-order valence-corrected chi connectivity index (χ3v) is 5.72. The number of hydrogen-bond acceptors (Lipinski definition) is 7. The highest BCUT2D eigenvalue weighted by Crippen LogP contribution is 2.33. The molecule has 0 saturated heterocycles. The van der Waals surface area contributed by atoms with Crippen molar-refractivity contribution in [3.63, 3.8) is 0 Å². The number of carbonyl (C=O) groups is 1. The van der Waals surface area contributed by atoms with Crippen LogP contribution in [0.1, 0.15) is 21.6 Å². The fourth-order valence-corrected chi connectivity index (χ4v) is 3.71. The lowest BCUT2D eigenvalue weighted by Crippen LogP contribution is -2.12. The van der Waals surface area contributed by atoms with Gasteiger partial charge in [-0.05, 0) is 37.1 Å². The molecule has 9 heteroatoms. The normalized spacial score (nSPS) is 10.7. The molecule has 0 aliphatic heterocycles. The number of nitrogens with zero attached hydrogens (tertiary/aromatic N) is 3. The van der Waals surface area contributed by atoms with Crippen LogP contribution in [-0.4, -0.2) is 37.2 Å². The Morgan fingerprint density at radius 2 is 2.23 bits per heavy atom. The van der Waals surface area contributed by atoms with Crippen LogP contribution in [0.15, 0.2) is 35.2 Å². The molecule has 1 amide bonds. The molecule has 1 aromatic carbocycles. The second kappa shape index (κ2) is 7.71. The van der Waals surface area contributed by atoms with Crippen molar-refractivity contribution >= 4 is 34.1 Å². The molecular weight excluding hydrogens is 370 g/mol. The number of anilines is 1. The molecule has 134 valence electrons. The summed E-state index contributed by atoms with van der Waals surface area (Å²) >= 11 is 2.79. The van der Waals surface area contributed by atoms with Gasteiger partial charge in [-0.3, -0.25) is 15.2 Å². The van der Waals surface area contributed by atoms with E-state index in [2.05, 4.69) is 32.3 Å². The smallest absolute Gasteiger partial charge is 0.275 e. The monoisotopic (exact) mass is 387 g/mol. The van der Waals surface area contributed by atoms with Gasteiger partial charge in [-0.2, -0.15) is 5.10 Å². The number of aromatic hydroxyl groups is 1. The van der Waals surface area contributed by atoms with E-state index < -0.39 is 0 Å². The molecule has 2 heterocycles. The van der Waals surface area contributed by atoms with Crippen LogP contribution in [0.5, 0.6) is 5.75 Å². The van der Waals surface area contributed by atoms with Gasteiger partial charge in [0.25, 0.3) is 5.91 Å². The Labute approximate surface area is 158 Å². The highest BCUT2D eigenvalue weighted by atomic mass is 32.2. The summed E-state index contributed by atoms with van der Waals surface area (Å²) in [5.41, 5.74) is 3.11. The molecule has 2 aromatic heterocycles. The molecule has 7 nitrogen and oxygen atoms in total. The first-order valence-electron chi connectivity index (χ1n) is 7.73. The van der Waals surface area contributed by atoms with E-state index in [0.29, 0.717) is 16.4 Å². The number of aryl methyl sites for hydroxylation is 1. The number of thioether (sulfide) groups is 1. The minimum Gasteiger partial charge on any atom is -0.507 e. The molecule has 0 fully saturated rings. The van der Waals surface area contributed by atoms with Crippen molar-refractivity contribution in [3.05, 3.63) is 47.7 Å². The second-order valence-corrected chi connectivity index (χ2v) is 7.74. The highest BCUT2D eigenvalue weighted by molar-refractivity contribution is 8.01. The van der Waals surface area contributed by atoms with Gasteiger partial charge in [0.1, 0.15) is 11.4 Å². The lowest BCUT2D eigenvalue weighted by atomic mass is 10.0. The Balaban J connectivity index is 1.75. The molecule has 0 atom stereocenters. The van der Waals surface area contributed by atoms with E-state index in [1.165, 1.54) is 23.1 Å². The zero-order chi connectivity index (χ0) is 18.7. The number of phenols is 1. The maximum absolute atomic E-state index is 12.4. The lowest BCUT2D eigenvalue weighted by molar-refractivity contribution is 0.102. The Hall–Kier alpha value is -2.65. The topological polar surface area (TPSA) is 104 Å². The Morgan fingerprint density at radius 1 is 1.42 bits per heavy atom. The van der Waals surface area contributed by atoms with Crippen LogP contribution in [0.25, 0.3) is 11.3 Å². The third kappa shape index (κ3) is 3.78. The number of hydrogen-bond donors (Lipinski definition) is 3. The van der Waals surface area contributed by atoms with E-state index in [4.69, 9.17) is 0 Å². The molecule has 3 N–H and O–H groups in total. The van der Waals surface area contributed by atoms with Crippen molar-refractivity contribution < 1.29 is 9.90 Å². The quantitative estimate of drug-likeness (QED) is 0.338. The first-order valence-corrected chi connectivity index (χ1v) is 9.53. The molecular formula is C17H17N5O2S2. The molecule has 0 unspecified atom stereocenters. The van der Waals surface area contributed by atoms with Crippen LogP contribution in [0, 0.1) is 13.8 Å². The predicted octanol–water partition coefficient (Wildman–Crippen LogP) is 3.78. The molecule has 0 bridgehead atoms. The summed E-state index contributed by atoms with van der Waals surface area (Å²) < 4.78 is 0.755. The van der Waals surface area contributed by atoms with Gasteiger partial charge in [-0.1, -0.05) is 35.2 Å². The standard InChI is InChI=1S/C17H17N5O2S2/c1-4-7-25-17-22-21-16(26-17)18-15(24)13-8-12(19-20-13)11-6-5-9(2)10(3)14(11)23/h4-6,8,23H,1,7H2,2-3H3,(H,19,20)(H,18,21,24). The number of benzene rings is 1. The summed E-state index contributed by atoms with van der Waals surface area (Å²) in [6, 6.07) is 5.28. The van der Waals surface area contributed by atoms with Gasteiger partial charge >= 0.3 is 0 Å². The van der Waals surface area contributed by atoms with E-state index in [0.717, 1.165) is 21.2 Å². The van der Waals surface area contributed by atoms with Crippen molar-refractivity contribution in [2.45, 2.75) is 18.2 Å². The van der Waals surface area contributed by atoms with E-state index in [1.807, 2.05) is 19.9 Å². The van der Waals surface area contributed by atoms with Gasteiger partial charge in [0.05, 0.1) is 5.69 Å². The van der Waals surface area contributed by atoms with Gasteiger partial charge in [0.15, 0.2) is 4.34 Å². The summed E-state index contributed by atoms with van der Waals surface area (Å²) in [7, 11) is 0. The maximum atomic E-state index is 12.4. The summed E-state index contributed by atoms with van der Waals surface area (Å²) in [5.74, 6) is 0.520. The van der Waals surface area contributed by atoms with E-state index in [-0.39, 0.29) is 17.4 Å². The van der Waals surface area contributed by atoms with E-state index in [9.17, 15) is 9.90 Å². The second-order valence-electron chi connectivity index (χ2n) is 5.50. The fraction of sp³-hybridized carbons (Fsp3) is 0.176. The number of rotatable bonds is 6. The maximum Gasteiger partial charge on any atom is 0.275 e. The zero-order valence-corrected chi connectivity index (χ0v) is 15.9. The van der Waals surface area contributed by atoms with Crippen LogP contribution in [0.4, 0.5) is 5.13 Å². The largest absolute Gasteiger partial charge is 0.507 e. The first-order chi connectivity index (χ1) is 12.5. The molecule has 0 spiro atoms. The first kappa shape index (κ1) is 18.2. The van der Waals surface area contributed by atoms with Gasteiger partial charge in [-0.15, -0.1) is 16.8 Å². The summed E-state index contributed by atoms with van der Waals surface area (Å²) in [5, 5.41) is 28.2. The molecule has 3 rings (SSSR count). The lowest BCUT2D eigenvalue weighted by Gasteiger charge is -2.07. The Kier molecular flexibility index (Phi) is 5.38. The number of carbonyl (C=O) groups excluding carboxylic acids is 1. The number of amides is 1. The van der Waals surface area contributed by atoms with Crippen molar-refractivity contribution in [3.8, 4) is 17.0 Å².